The van der Waals surface area contributed by atoms with Crippen LogP contribution in [0.3, 0.4) is 0 Å². The molecule has 2 N–H and O–H groups in total. The second kappa shape index (κ2) is 5.56. The van der Waals surface area contributed by atoms with Gasteiger partial charge in [-0.05, 0) is 24.6 Å². The molecule has 0 atom stereocenters. The molecule has 1 aromatic carbocycles. The summed E-state index contributed by atoms with van der Waals surface area (Å²) in [6.07, 6.45) is -2.83. The predicted octanol–water partition coefficient (Wildman–Crippen LogP) is 3.13. The number of Topliss-reactive ketones (excluding diaryl/α,β-unsaturated/α-hetero) is 1. The van der Waals surface area contributed by atoms with Gasteiger partial charge in [0.1, 0.15) is 5.82 Å². The summed E-state index contributed by atoms with van der Waals surface area (Å²) < 4.78 is 53.3. The van der Waals surface area contributed by atoms with Gasteiger partial charge in [0.15, 0.2) is 5.78 Å². The highest BCUT2D eigenvalue weighted by Gasteiger charge is 2.52. The zero-order valence-electron chi connectivity index (χ0n) is 14.3. The number of rotatable bonds is 1. The molecule has 1 spiro atoms. The highest BCUT2D eigenvalue weighted by Crippen LogP contribution is 2.48. The number of nitrogens with two attached hydrogens (primary N) is 1. The number of ketones is 1. The van der Waals surface area contributed by atoms with Crippen LogP contribution in [0.2, 0.25) is 0 Å². The number of allylic oxidation sites excluding steroid dienone is 1. The molecule has 0 saturated carbocycles. The monoisotopic (exact) mass is 370 g/mol. The Morgan fingerprint density at radius 2 is 1.85 bits per heavy atom. The topological polar surface area (TPSA) is 63.4 Å². The van der Waals surface area contributed by atoms with E-state index in [9.17, 15) is 27.2 Å². The molecule has 0 aromatic heterocycles. The minimum absolute atomic E-state index is 0.0921. The van der Waals surface area contributed by atoms with Crippen LogP contribution in [0.1, 0.15) is 36.2 Å². The van der Waals surface area contributed by atoms with Crippen LogP contribution in [0, 0.1) is 16.6 Å². The van der Waals surface area contributed by atoms with Crippen molar-refractivity contribution in [1.82, 2.24) is 4.90 Å². The second-order valence-corrected chi connectivity index (χ2v) is 7.67. The molecule has 140 valence electrons. The van der Waals surface area contributed by atoms with Gasteiger partial charge in [0.2, 0.25) is 0 Å². The van der Waals surface area contributed by atoms with Gasteiger partial charge in [0.25, 0.3) is 5.91 Å². The van der Waals surface area contributed by atoms with Crippen molar-refractivity contribution in [2.45, 2.75) is 26.4 Å². The Labute approximate surface area is 147 Å². The fourth-order valence-electron chi connectivity index (χ4n) is 3.99. The molecule has 1 aliphatic carbocycles. The minimum Gasteiger partial charge on any atom is -0.396 e. The molecule has 2 aliphatic rings. The molecular formula is C18H18F4N2O2. The Hall–Kier alpha value is -2.38. The Bertz CT molecular complexity index is 821. The van der Waals surface area contributed by atoms with Crippen LogP contribution in [0.15, 0.2) is 30.0 Å². The summed E-state index contributed by atoms with van der Waals surface area (Å²) in [6.45, 7) is 3.66. The number of benzene rings is 1. The number of alkyl halides is 3. The van der Waals surface area contributed by atoms with Crippen LogP contribution >= 0.6 is 0 Å². The standard InChI is InChI=1S/C18H18F4N2O2/c1-16(2)7-17(6-12(23)14(16)25)8-24(9-17)15(26)13-10(18(20,21)22)4-3-5-11(13)19/h3-6H,7-9,23H2,1-2H3. The third kappa shape index (κ3) is 2.87. The van der Waals surface area contributed by atoms with Crippen LogP contribution in [-0.4, -0.2) is 29.7 Å². The van der Waals surface area contributed by atoms with Crippen LogP contribution in [0.4, 0.5) is 17.6 Å². The number of hydrogen-bond acceptors (Lipinski definition) is 3. The van der Waals surface area contributed by atoms with E-state index in [2.05, 4.69) is 0 Å². The maximum atomic E-state index is 14.0. The Morgan fingerprint density at radius 1 is 1.23 bits per heavy atom. The fourth-order valence-corrected chi connectivity index (χ4v) is 3.99. The lowest BCUT2D eigenvalue weighted by Gasteiger charge is -2.53. The first-order valence-electron chi connectivity index (χ1n) is 8.04. The summed E-state index contributed by atoms with van der Waals surface area (Å²) in [6, 6.07) is 2.44. The highest BCUT2D eigenvalue weighted by molar-refractivity contribution is 6.00. The molecule has 1 amide bonds. The van der Waals surface area contributed by atoms with Gasteiger partial charge in [-0.25, -0.2) is 4.39 Å². The highest BCUT2D eigenvalue weighted by atomic mass is 19.4. The van der Waals surface area contributed by atoms with E-state index in [1.165, 1.54) is 0 Å². The van der Waals surface area contributed by atoms with Crippen molar-refractivity contribution in [2.24, 2.45) is 16.6 Å². The molecule has 3 rings (SSSR count). The van der Waals surface area contributed by atoms with Gasteiger partial charge in [-0.15, -0.1) is 0 Å². The van der Waals surface area contributed by atoms with Crippen molar-refractivity contribution in [3.8, 4) is 0 Å². The third-order valence-corrected chi connectivity index (χ3v) is 4.96. The number of likely N-dealkylation sites (tertiary alicyclic amines) is 1. The molecule has 1 fully saturated rings. The van der Waals surface area contributed by atoms with Gasteiger partial charge in [-0.2, -0.15) is 13.2 Å². The van der Waals surface area contributed by atoms with Crippen molar-refractivity contribution < 1.29 is 27.2 Å². The number of amides is 1. The van der Waals surface area contributed by atoms with Gasteiger partial charge in [0, 0.05) is 23.9 Å². The van der Waals surface area contributed by atoms with Gasteiger partial charge in [-0.3, -0.25) is 9.59 Å². The molecule has 1 saturated heterocycles. The largest absolute Gasteiger partial charge is 0.417 e. The molecule has 0 radical (unpaired) electrons. The van der Waals surface area contributed by atoms with E-state index < -0.39 is 39.9 Å². The average Bonchev–Trinajstić information content (AvgIpc) is 2.48. The quantitative estimate of drug-likeness (QED) is 0.773. The normalized spacial score (nSPS) is 21.4. The number of hydrogen-bond donors (Lipinski definition) is 1. The summed E-state index contributed by atoms with van der Waals surface area (Å²) in [5, 5.41) is 0. The zero-order valence-corrected chi connectivity index (χ0v) is 14.3. The molecule has 1 heterocycles. The summed E-state index contributed by atoms with van der Waals surface area (Å²) in [5.74, 6) is -2.41. The van der Waals surface area contributed by atoms with Crippen molar-refractivity contribution in [3.63, 3.8) is 0 Å². The van der Waals surface area contributed by atoms with Gasteiger partial charge >= 0.3 is 6.18 Å². The number of halogens is 4. The van der Waals surface area contributed by atoms with E-state index in [1.807, 2.05) is 0 Å². The van der Waals surface area contributed by atoms with Crippen LogP contribution in [-0.2, 0) is 11.0 Å². The molecule has 0 unspecified atom stereocenters. The summed E-state index contributed by atoms with van der Waals surface area (Å²) in [5.41, 5.74) is 2.31. The van der Waals surface area contributed by atoms with Crippen molar-refractivity contribution in [3.05, 3.63) is 46.9 Å². The van der Waals surface area contributed by atoms with Crippen LogP contribution in [0.5, 0.6) is 0 Å². The SMILES string of the molecule is CC1(C)CC2(C=C(N)C1=O)CN(C(=O)c1c(F)cccc1C(F)(F)F)C2. The van der Waals surface area contributed by atoms with Gasteiger partial charge in [-0.1, -0.05) is 19.9 Å². The Balaban J connectivity index is 1.87. The molecule has 1 aromatic rings. The first-order chi connectivity index (χ1) is 11.9. The average molecular weight is 370 g/mol. The summed E-state index contributed by atoms with van der Waals surface area (Å²) >= 11 is 0. The van der Waals surface area contributed by atoms with Gasteiger partial charge < -0.3 is 10.6 Å². The van der Waals surface area contributed by atoms with E-state index in [0.717, 1.165) is 17.0 Å². The van der Waals surface area contributed by atoms with Crippen LogP contribution < -0.4 is 5.73 Å². The smallest absolute Gasteiger partial charge is 0.396 e. The lowest BCUT2D eigenvalue weighted by Crippen LogP contribution is -2.61. The number of nitrogens with zero attached hydrogens (tertiary/aromatic N) is 1. The fraction of sp³-hybridized carbons (Fsp3) is 0.444. The van der Waals surface area contributed by atoms with E-state index in [0.29, 0.717) is 12.5 Å². The lowest BCUT2D eigenvalue weighted by molar-refractivity contribution is -0.138. The third-order valence-electron chi connectivity index (χ3n) is 4.96. The van der Waals surface area contributed by atoms with Crippen molar-refractivity contribution in [1.29, 1.82) is 0 Å². The minimum atomic E-state index is -4.83. The molecule has 0 bridgehead atoms. The van der Waals surface area contributed by atoms with Gasteiger partial charge in [0.05, 0.1) is 16.8 Å². The van der Waals surface area contributed by atoms with E-state index in [4.69, 9.17) is 5.73 Å². The molecule has 4 nitrogen and oxygen atoms in total. The van der Waals surface area contributed by atoms with Crippen LogP contribution in [0.25, 0.3) is 0 Å². The summed E-state index contributed by atoms with van der Waals surface area (Å²) in [4.78, 5) is 25.7. The number of carbonyl (C=O) groups excluding carboxylic acids is 2. The predicted molar refractivity (Wildman–Crippen MR) is 85.4 cm³/mol. The lowest BCUT2D eigenvalue weighted by atomic mass is 9.62. The summed E-state index contributed by atoms with van der Waals surface area (Å²) in [7, 11) is 0. The van der Waals surface area contributed by atoms with Crippen molar-refractivity contribution >= 4 is 11.7 Å². The molecule has 8 heteroatoms. The van der Waals surface area contributed by atoms with E-state index in [-0.39, 0.29) is 24.6 Å². The second-order valence-electron chi connectivity index (χ2n) is 7.67. The maximum absolute atomic E-state index is 14.0. The van der Waals surface area contributed by atoms with E-state index in [1.54, 1.807) is 19.9 Å². The molecular weight excluding hydrogens is 352 g/mol. The Kier molecular flexibility index (Phi) is 3.94. The van der Waals surface area contributed by atoms with Crippen molar-refractivity contribution in [2.75, 3.05) is 13.1 Å². The zero-order chi connectivity index (χ0) is 19.5. The molecule has 1 aliphatic heterocycles. The molecule has 26 heavy (non-hydrogen) atoms. The first-order valence-corrected chi connectivity index (χ1v) is 8.04. The Morgan fingerprint density at radius 3 is 2.38 bits per heavy atom. The maximum Gasteiger partial charge on any atom is 0.417 e. The number of carbonyl (C=O) groups is 2. The first kappa shape index (κ1) is 18.4. The van der Waals surface area contributed by atoms with E-state index >= 15 is 0 Å².